The average molecular weight is 379 g/mol. The molecule has 2 aromatic carbocycles. The summed E-state index contributed by atoms with van der Waals surface area (Å²) in [7, 11) is 0. The highest BCUT2D eigenvalue weighted by molar-refractivity contribution is 6.10. The van der Waals surface area contributed by atoms with E-state index in [1.54, 1.807) is 6.07 Å². The first-order chi connectivity index (χ1) is 13.5. The van der Waals surface area contributed by atoms with Gasteiger partial charge in [-0.05, 0) is 36.1 Å². The number of anilines is 1. The number of amides is 4. The Labute approximate surface area is 164 Å². The molecule has 1 fully saturated rings. The summed E-state index contributed by atoms with van der Waals surface area (Å²) in [5.74, 6) is -0.792. The van der Waals surface area contributed by atoms with Gasteiger partial charge in [0.15, 0.2) is 0 Å². The molecule has 1 heterocycles. The molecule has 0 aromatic heterocycles. The standard InChI is InChI=1S/C22H25N3O3/c1-3-13-22(17-10-6-5-7-11-17)20(27)25(21(28)24-22)15-19(26)23-18-12-8-9-16(4-2)14-18/h5-12,14H,3-4,13,15H2,1-2H3,(H,23,26)(H,24,28)/t22-/m0/s1. The largest absolute Gasteiger partial charge is 0.325 e. The van der Waals surface area contributed by atoms with Crippen LogP contribution in [0.15, 0.2) is 54.6 Å². The molecule has 2 N–H and O–H groups in total. The molecule has 6 heteroatoms. The van der Waals surface area contributed by atoms with Crippen molar-refractivity contribution in [1.82, 2.24) is 10.2 Å². The summed E-state index contributed by atoms with van der Waals surface area (Å²) < 4.78 is 0. The maximum absolute atomic E-state index is 13.2. The van der Waals surface area contributed by atoms with E-state index in [2.05, 4.69) is 10.6 Å². The second-order valence-electron chi connectivity index (χ2n) is 6.94. The number of hydrogen-bond acceptors (Lipinski definition) is 3. The molecule has 0 aliphatic carbocycles. The van der Waals surface area contributed by atoms with Crippen LogP contribution in [0.4, 0.5) is 10.5 Å². The number of carbonyl (C=O) groups excluding carboxylic acids is 3. The first-order valence-electron chi connectivity index (χ1n) is 9.58. The minimum absolute atomic E-state index is 0.320. The number of benzene rings is 2. The van der Waals surface area contributed by atoms with Gasteiger partial charge >= 0.3 is 6.03 Å². The zero-order valence-electron chi connectivity index (χ0n) is 16.2. The van der Waals surface area contributed by atoms with Gasteiger partial charge in [0, 0.05) is 5.69 Å². The van der Waals surface area contributed by atoms with E-state index in [1.807, 2.05) is 62.4 Å². The Morgan fingerprint density at radius 3 is 2.50 bits per heavy atom. The van der Waals surface area contributed by atoms with Crippen molar-refractivity contribution in [1.29, 1.82) is 0 Å². The fourth-order valence-electron chi connectivity index (χ4n) is 3.59. The van der Waals surface area contributed by atoms with Crippen LogP contribution in [-0.4, -0.2) is 29.3 Å². The molecule has 0 radical (unpaired) electrons. The summed E-state index contributed by atoms with van der Waals surface area (Å²) in [6, 6.07) is 16.2. The first kappa shape index (κ1) is 19.6. The van der Waals surface area contributed by atoms with Crippen LogP contribution in [0, 0.1) is 0 Å². The van der Waals surface area contributed by atoms with Crippen molar-refractivity contribution in [3.05, 3.63) is 65.7 Å². The number of rotatable bonds is 7. The van der Waals surface area contributed by atoms with Gasteiger partial charge < -0.3 is 10.6 Å². The molecule has 0 bridgehead atoms. The van der Waals surface area contributed by atoms with Gasteiger partial charge in [0.1, 0.15) is 12.1 Å². The van der Waals surface area contributed by atoms with Gasteiger partial charge in [0.2, 0.25) is 5.91 Å². The van der Waals surface area contributed by atoms with Crippen LogP contribution in [0.3, 0.4) is 0 Å². The summed E-state index contributed by atoms with van der Waals surface area (Å²) in [6.07, 6.45) is 2.04. The van der Waals surface area contributed by atoms with Crippen LogP contribution < -0.4 is 10.6 Å². The molecule has 28 heavy (non-hydrogen) atoms. The van der Waals surface area contributed by atoms with E-state index in [4.69, 9.17) is 0 Å². The number of imide groups is 1. The zero-order valence-corrected chi connectivity index (χ0v) is 16.2. The van der Waals surface area contributed by atoms with Crippen molar-refractivity contribution in [3.8, 4) is 0 Å². The fraction of sp³-hybridized carbons (Fsp3) is 0.318. The minimum atomic E-state index is -1.12. The fourth-order valence-corrected chi connectivity index (χ4v) is 3.59. The molecule has 3 rings (SSSR count). The predicted octanol–water partition coefficient (Wildman–Crippen LogP) is 3.43. The van der Waals surface area contributed by atoms with Crippen LogP contribution in [0.25, 0.3) is 0 Å². The van der Waals surface area contributed by atoms with E-state index in [0.29, 0.717) is 18.5 Å². The SMILES string of the molecule is CCC[C@@]1(c2ccccc2)NC(=O)N(CC(=O)Nc2cccc(CC)c2)C1=O. The van der Waals surface area contributed by atoms with Gasteiger partial charge in [-0.25, -0.2) is 4.79 Å². The van der Waals surface area contributed by atoms with E-state index < -0.39 is 17.5 Å². The van der Waals surface area contributed by atoms with Crippen LogP contribution in [0.5, 0.6) is 0 Å². The third-order valence-electron chi connectivity index (χ3n) is 4.99. The summed E-state index contributed by atoms with van der Waals surface area (Å²) in [4.78, 5) is 39.2. The van der Waals surface area contributed by atoms with Gasteiger partial charge in [0.05, 0.1) is 0 Å². The lowest BCUT2D eigenvalue weighted by molar-refractivity contribution is -0.134. The second kappa shape index (κ2) is 8.25. The highest BCUT2D eigenvalue weighted by atomic mass is 16.2. The third kappa shape index (κ3) is 3.76. The van der Waals surface area contributed by atoms with Crippen molar-refractivity contribution in [2.45, 2.75) is 38.6 Å². The van der Waals surface area contributed by atoms with Gasteiger partial charge in [-0.1, -0.05) is 62.7 Å². The summed E-state index contributed by atoms with van der Waals surface area (Å²) >= 11 is 0. The third-order valence-corrected chi connectivity index (χ3v) is 4.99. The smallest absolute Gasteiger partial charge is 0.325 e. The predicted molar refractivity (Wildman–Crippen MR) is 108 cm³/mol. The minimum Gasteiger partial charge on any atom is -0.325 e. The molecule has 146 valence electrons. The lowest BCUT2D eigenvalue weighted by atomic mass is 9.85. The molecule has 1 aliphatic rings. The van der Waals surface area contributed by atoms with Gasteiger partial charge in [0.25, 0.3) is 5.91 Å². The van der Waals surface area contributed by atoms with Crippen LogP contribution in [0.1, 0.15) is 37.8 Å². The van der Waals surface area contributed by atoms with Gasteiger partial charge in [-0.2, -0.15) is 0 Å². The molecule has 0 saturated carbocycles. The average Bonchev–Trinajstić information content (AvgIpc) is 2.94. The highest BCUT2D eigenvalue weighted by Crippen LogP contribution is 2.33. The molecule has 4 amide bonds. The Morgan fingerprint density at radius 1 is 1.07 bits per heavy atom. The van der Waals surface area contributed by atoms with Crippen molar-refractivity contribution in [2.75, 3.05) is 11.9 Å². The number of nitrogens with zero attached hydrogens (tertiary/aromatic N) is 1. The molecule has 0 unspecified atom stereocenters. The molecule has 2 aromatic rings. The van der Waals surface area contributed by atoms with E-state index in [1.165, 1.54) is 0 Å². The van der Waals surface area contributed by atoms with Crippen molar-refractivity contribution >= 4 is 23.5 Å². The Hall–Kier alpha value is -3.15. The van der Waals surface area contributed by atoms with E-state index in [-0.39, 0.29) is 12.5 Å². The maximum Gasteiger partial charge on any atom is 0.325 e. The summed E-state index contributed by atoms with van der Waals surface area (Å²) in [5, 5.41) is 5.60. The molecule has 1 saturated heterocycles. The lowest BCUT2D eigenvalue weighted by Gasteiger charge is -2.26. The monoisotopic (exact) mass is 379 g/mol. The topological polar surface area (TPSA) is 78.5 Å². The summed E-state index contributed by atoms with van der Waals surface area (Å²) in [5.41, 5.74) is 1.36. The Morgan fingerprint density at radius 2 is 1.82 bits per heavy atom. The number of carbonyl (C=O) groups is 3. The number of nitrogens with one attached hydrogen (secondary N) is 2. The normalized spacial score (nSPS) is 18.9. The molecular weight excluding hydrogens is 354 g/mol. The van der Waals surface area contributed by atoms with E-state index in [9.17, 15) is 14.4 Å². The Bertz CT molecular complexity index is 882. The van der Waals surface area contributed by atoms with Crippen LogP contribution >= 0.6 is 0 Å². The quantitative estimate of drug-likeness (QED) is 0.724. The highest BCUT2D eigenvalue weighted by Gasteiger charge is 2.52. The van der Waals surface area contributed by atoms with Gasteiger partial charge in [-0.15, -0.1) is 0 Å². The zero-order chi connectivity index (χ0) is 20.1. The molecule has 1 atom stereocenters. The van der Waals surface area contributed by atoms with Crippen LogP contribution in [-0.2, 0) is 21.5 Å². The first-order valence-corrected chi connectivity index (χ1v) is 9.58. The van der Waals surface area contributed by atoms with Crippen molar-refractivity contribution < 1.29 is 14.4 Å². The molecule has 0 spiro atoms. The van der Waals surface area contributed by atoms with E-state index >= 15 is 0 Å². The van der Waals surface area contributed by atoms with Crippen molar-refractivity contribution in [3.63, 3.8) is 0 Å². The van der Waals surface area contributed by atoms with E-state index in [0.717, 1.165) is 22.4 Å². The Balaban J connectivity index is 1.78. The lowest BCUT2D eigenvalue weighted by Crippen LogP contribution is -2.44. The second-order valence-corrected chi connectivity index (χ2v) is 6.94. The number of urea groups is 1. The Kier molecular flexibility index (Phi) is 5.78. The number of aryl methyl sites for hydroxylation is 1. The summed E-state index contributed by atoms with van der Waals surface area (Å²) in [6.45, 7) is 3.67. The maximum atomic E-state index is 13.2. The molecule has 6 nitrogen and oxygen atoms in total. The van der Waals surface area contributed by atoms with Crippen molar-refractivity contribution in [2.24, 2.45) is 0 Å². The van der Waals surface area contributed by atoms with Crippen LogP contribution in [0.2, 0.25) is 0 Å². The molecule has 1 aliphatic heterocycles. The van der Waals surface area contributed by atoms with Gasteiger partial charge in [-0.3, -0.25) is 14.5 Å². The number of hydrogen-bond donors (Lipinski definition) is 2. The molecular formula is C22H25N3O3.